The molecule has 0 fully saturated rings. The molecule has 4 nitrogen and oxygen atoms in total. The van der Waals surface area contributed by atoms with Crippen LogP contribution in [0.5, 0.6) is 0 Å². The Morgan fingerprint density at radius 3 is 2.85 bits per heavy atom. The summed E-state index contributed by atoms with van der Waals surface area (Å²) >= 11 is 0. The van der Waals surface area contributed by atoms with Gasteiger partial charge in [0.05, 0.1) is 0 Å². The number of rotatable bonds is 2. The fourth-order valence-corrected chi connectivity index (χ4v) is 2.76. The number of aromatic nitrogens is 2. The number of benzene rings is 1. The summed E-state index contributed by atoms with van der Waals surface area (Å²) in [6, 6.07) is 6.44. The van der Waals surface area contributed by atoms with E-state index in [1.165, 1.54) is 11.3 Å². The first kappa shape index (κ1) is 12.9. The number of nitrogens with zero attached hydrogens (tertiary/aromatic N) is 3. The van der Waals surface area contributed by atoms with E-state index in [1.807, 2.05) is 6.92 Å². The number of fused-ring (bicyclic) bond motifs is 1. The van der Waals surface area contributed by atoms with Crippen molar-refractivity contribution in [2.45, 2.75) is 26.7 Å². The van der Waals surface area contributed by atoms with Crippen molar-refractivity contribution in [1.29, 1.82) is 0 Å². The molecule has 1 aromatic carbocycles. The lowest BCUT2D eigenvalue weighted by molar-refractivity contribution is 0.956. The number of hydrogen-bond acceptors (Lipinski definition) is 4. The average Bonchev–Trinajstić information content (AvgIpc) is 2.83. The van der Waals surface area contributed by atoms with Crippen molar-refractivity contribution in [3.8, 4) is 11.4 Å². The monoisotopic (exact) mass is 268 g/mol. The number of nitrogens with two attached hydrogens (primary N) is 1. The summed E-state index contributed by atoms with van der Waals surface area (Å²) < 4.78 is 0. The van der Waals surface area contributed by atoms with Crippen molar-refractivity contribution in [2.24, 2.45) is 0 Å². The van der Waals surface area contributed by atoms with E-state index in [0.29, 0.717) is 5.82 Å². The van der Waals surface area contributed by atoms with E-state index in [0.717, 1.165) is 42.0 Å². The Labute approximate surface area is 119 Å². The van der Waals surface area contributed by atoms with Crippen molar-refractivity contribution in [1.82, 2.24) is 9.97 Å². The van der Waals surface area contributed by atoms with Crippen molar-refractivity contribution in [3.05, 3.63) is 35.0 Å². The molecule has 2 heterocycles. The van der Waals surface area contributed by atoms with Gasteiger partial charge >= 0.3 is 0 Å². The maximum absolute atomic E-state index is 6.01. The van der Waals surface area contributed by atoms with Gasteiger partial charge in [-0.2, -0.15) is 0 Å². The van der Waals surface area contributed by atoms with Gasteiger partial charge in [-0.3, -0.25) is 0 Å². The van der Waals surface area contributed by atoms with Crippen molar-refractivity contribution in [3.63, 3.8) is 0 Å². The van der Waals surface area contributed by atoms with Crippen molar-refractivity contribution < 1.29 is 0 Å². The zero-order chi connectivity index (χ0) is 14.3. The molecule has 0 aliphatic carbocycles. The summed E-state index contributed by atoms with van der Waals surface area (Å²) in [5.74, 6) is 1.33. The highest BCUT2D eigenvalue weighted by molar-refractivity contribution is 5.67. The average molecular weight is 268 g/mol. The summed E-state index contributed by atoms with van der Waals surface area (Å²) in [7, 11) is 2.13. The molecule has 0 spiro atoms. The van der Waals surface area contributed by atoms with E-state index >= 15 is 0 Å². The molecule has 3 rings (SSSR count). The maximum Gasteiger partial charge on any atom is 0.161 e. The number of hydrogen-bond donors (Lipinski definition) is 1. The van der Waals surface area contributed by atoms with Gasteiger partial charge in [0, 0.05) is 36.1 Å². The van der Waals surface area contributed by atoms with Crippen molar-refractivity contribution >= 4 is 11.5 Å². The summed E-state index contributed by atoms with van der Waals surface area (Å²) in [6.07, 6.45) is 1.96. The zero-order valence-corrected chi connectivity index (χ0v) is 12.3. The van der Waals surface area contributed by atoms with Crippen LogP contribution in [0, 0.1) is 6.92 Å². The lowest BCUT2D eigenvalue weighted by Gasteiger charge is -2.13. The maximum atomic E-state index is 6.01. The minimum Gasteiger partial charge on any atom is -0.383 e. The van der Waals surface area contributed by atoms with Gasteiger partial charge in [-0.25, -0.2) is 9.97 Å². The van der Waals surface area contributed by atoms with Crippen LogP contribution < -0.4 is 10.6 Å². The standard InChI is InChI=1S/C16H20N4/c1-4-13-10(2)15(17)19-16(18-13)12-5-6-14-11(9-12)7-8-20(14)3/h5-6,9H,4,7-8H2,1-3H3,(H2,17,18,19). The molecule has 2 N–H and O–H groups in total. The molecule has 1 aromatic heterocycles. The minimum atomic E-state index is 0.587. The number of aryl methyl sites for hydroxylation is 1. The highest BCUT2D eigenvalue weighted by Crippen LogP contribution is 2.30. The van der Waals surface area contributed by atoms with Crippen molar-refractivity contribution in [2.75, 3.05) is 24.2 Å². The number of nitrogen functional groups attached to an aromatic ring is 1. The minimum absolute atomic E-state index is 0.587. The van der Waals surface area contributed by atoms with E-state index in [9.17, 15) is 0 Å². The molecule has 0 amide bonds. The van der Waals surface area contributed by atoms with E-state index < -0.39 is 0 Å². The Bertz CT molecular complexity index is 664. The van der Waals surface area contributed by atoms with Gasteiger partial charge in [-0.1, -0.05) is 6.92 Å². The van der Waals surface area contributed by atoms with Crippen LogP contribution in [0.2, 0.25) is 0 Å². The number of likely N-dealkylation sites (N-methyl/N-ethyl adjacent to an activating group) is 1. The molecular weight excluding hydrogens is 248 g/mol. The van der Waals surface area contributed by atoms with Gasteiger partial charge in [-0.05, 0) is 43.5 Å². The van der Waals surface area contributed by atoms with E-state index in [1.54, 1.807) is 0 Å². The predicted molar refractivity (Wildman–Crippen MR) is 83.0 cm³/mol. The van der Waals surface area contributed by atoms with Gasteiger partial charge < -0.3 is 10.6 Å². The molecule has 4 heteroatoms. The summed E-state index contributed by atoms with van der Waals surface area (Å²) in [4.78, 5) is 11.4. The van der Waals surface area contributed by atoms with Gasteiger partial charge in [0.2, 0.25) is 0 Å². The number of anilines is 2. The van der Waals surface area contributed by atoms with Gasteiger partial charge in [0.15, 0.2) is 5.82 Å². The molecule has 1 aliphatic heterocycles. The highest BCUT2D eigenvalue weighted by Gasteiger charge is 2.17. The molecule has 0 atom stereocenters. The largest absolute Gasteiger partial charge is 0.383 e. The van der Waals surface area contributed by atoms with Crippen LogP contribution in [0.3, 0.4) is 0 Å². The zero-order valence-electron chi connectivity index (χ0n) is 12.3. The summed E-state index contributed by atoms with van der Waals surface area (Å²) in [5, 5.41) is 0. The van der Waals surface area contributed by atoms with E-state index in [4.69, 9.17) is 5.73 Å². The Kier molecular flexibility index (Phi) is 3.08. The first-order valence-corrected chi connectivity index (χ1v) is 7.07. The molecule has 0 unspecified atom stereocenters. The first-order chi connectivity index (χ1) is 9.60. The second-order valence-corrected chi connectivity index (χ2v) is 5.37. The quantitative estimate of drug-likeness (QED) is 0.909. The molecule has 104 valence electrons. The van der Waals surface area contributed by atoms with Gasteiger partial charge in [-0.15, -0.1) is 0 Å². The first-order valence-electron chi connectivity index (χ1n) is 7.07. The van der Waals surface area contributed by atoms with Crippen LogP contribution >= 0.6 is 0 Å². The smallest absolute Gasteiger partial charge is 0.161 e. The molecule has 2 aromatic rings. The lowest BCUT2D eigenvalue weighted by atomic mass is 10.1. The molecule has 1 aliphatic rings. The third-order valence-corrected chi connectivity index (χ3v) is 4.08. The SMILES string of the molecule is CCc1nc(-c2ccc3c(c2)CCN3C)nc(N)c1C. The second kappa shape index (κ2) is 4.78. The Morgan fingerprint density at radius 1 is 1.30 bits per heavy atom. The molecule has 20 heavy (non-hydrogen) atoms. The molecule has 0 saturated heterocycles. The summed E-state index contributed by atoms with van der Waals surface area (Å²) in [6.45, 7) is 5.15. The van der Waals surface area contributed by atoms with Crippen LogP contribution in [0.1, 0.15) is 23.7 Å². The van der Waals surface area contributed by atoms with Crippen LogP contribution in [-0.2, 0) is 12.8 Å². The highest BCUT2D eigenvalue weighted by atomic mass is 15.1. The van der Waals surface area contributed by atoms with Gasteiger partial charge in [0.25, 0.3) is 0 Å². The third kappa shape index (κ3) is 2.01. The fraction of sp³-hybridized carbons (Fsp3) is 0.375. The Morgan fingerprint density at radius 2 is 2.10 bits per heavy atom. The normalized spacial score (nSPS) is 13.7. The summed E-state index contributed by atoms with van der Waals surface area (Å²) in [5.41, 5.74) is 11.8. The van der Waals surface area contributed by atoms with E-state index in [-0.39, 0.29) is 0 Å². The van der Waals surface area contributed by atoms with Crippen LogP contribution in [-0.4, -0.2) is 23.6 Å². The Hall–Kier alpha value is -2.10. The fourth-order valence-electron chi connectivity index (χ4n) is 2.76. The molecule has 0 saturated carbocycles. The van der Waals surface area contributed by atoms with Crippen LogP contribution in [0.15, 0.2) is 18.2 Å². The Balaban J connectivity index is 2.08. The molecular formula is C16H20N4. The lowest BCUT2D eigenvalue weighted by Crippen LogP contribution is -2.12. The third-order valence-electron chi connectivity index (χ3n) is 4.08. The van der Waals surface area contributed by atoms with E-state index in [2.05, 4.69) is 47.0 Å². The van der Waals surface area contributed by atoms with Crippen LogP contribution in [0.25, 0.3) is 11.4 Å². The topological polar surface area (TPSA) is 55.0 Å². The molecule has 0 bridgehead atoms. The van der Waals surface area contributed by atoms with Crippen LogP contribution in [0.4, 0.5) is 11.5 Å². The second-order valence-electron chi connectivity index (χ2n) is 5.37. The van der Waals surface area contributed by atoms with Gasteiger partial charge in [0.1, 0.15) is 5.82 Å². The molecule has 0 radical (unpaired) electrons. The predicted octanol–water partition coefficient (Wildman–Crippen LogP) is 2.59.